The number of amides is 1. The van der Waals surface area contributed by atoms with Crippen LogP contribution in [0.4, 0.5) is 14.5 Å². The lowest BCUT2D eigenvalue weighted by molar-refractivity contribution is 0.0957. The molecule has 4 rings (SSSR count). The molecule has 1 fully saturated rings. The van der Waals surface area contributed by atoms with Gasteiger partial charge in [0.15, 0.2) is 5.82 Å². The third-order valence-corrected chi connectivity index (χ3v) is 5.91. The molecule has 3 aromatic rings. The summed E-state index contributed by atoms with van der Waals surface area (Å²) in [6.45, 7) is 3.25. The van der Waals surface area contributed by atoms with E-state index in [-0.39, 0.29) is 17.3 Å². The molecule has 10 heteroatoms. The van der Waals surface area contributed by atoms with E-state index >= 15 is 4.39 Å². The van der Waals surface area contributed by atoms with Crippen LogP contribution in [0.1, 0.15) is 28.2 Å². The minimum atomic E-state index is -0.709. The van der Waals surface area contributed by atoms with Crippen LogP contribution in [0.25, 0.3) is 11.0 Å². The Balaban J connectivity index is 1.48. The van der Waals surface area contributed by atoms with Gasteiger partial charge in [0.2, 0.25) is 5.95 Å². The maximum Gasteiger partial charge on any atom is 0.269 e. The second kappa shape index (κ2) is 8.62. The minimum absolute atomic E-state index is 0.00444. The van der Waals surface area contributed by atoms with Crippen LogP contribution in [0.15, 0.2) is 29.1 Å². The predicted molar refractivity (Wildman–Crippen MR) is 117 cm³/mol. The van der Waals surface area contributed by atoms with Gasteiger partial charge in [-0.2, -0.15) is 4.39 Å². The highest BCUT2D eigenvalue weighted by Crippen LogP contribution is 2.26. The quantitative estimate of drug-likeness (QED) is 0.587. The zero-order valence-electron chi connectivity index (χ0n) is 18.1. The van der Waals surface area contributed by atoms with Gasteiger partial charge in [-0.3, -0.25) is 14.5 Å². The van der Waals surface area contributed by atoms with E-state index in [0.717, 1.165) is 6.42 Å². The van der Waals surface area contributed by atoms with E-state index in [1.165, 1.54) is 13.1 Å². The number of aryl methyl sites for hydroxylation is 1. The van der Waals surface area contributed by atoms with Gasteiger partial charge in [-0.25, -0.2) is 14.4 Å². The third kappa shape index (κ3) is 4.05. The Morgan fingerprint density at radius 1 is 1.28 bits per heavy atom. The lowest BCUT2D eigenvalue weighted by Crippen LogP contribution is -2.35. The molecule has 1 aliphatic heterocycles. The van der Waals surface area contributed by atoms with Crippen molar-refractivity contribution >= 4 is 22.6 Å². The van der Waals surface area contributed by atoms with Gasteiger partial charge in [-0.05, 0) is 31.5 Å². The molecule has 1 atom stereocenters. The Morgan fingerprint density at radius 2 is 2.06 bits per heavy atom. The van der Waals surface area contributed by atoms with E-state index in [9.17, 15) is 14.0 Å². The Kier molecular flexibility index (Phi) is 5.88. The van der Waals surface area contributed by atoms with Crippen LogP contribution in [0.2, 0.25) is 0 Å². The average Bonchev–Trinajstić information content (AvgIpc) is 3.24. The number of carbonyl (C=O) groups is 1. The topological polar surface area (TPSA) is 94.2 Å². The van der Waals surface area contributed by atoms with E-state index < -0.39 is 23.2 Å². The van der Waals surface area contributed by atoms with Gasteiger partial charge in [-0.1, -0.05) is 6.07 Å². The van der Waals surface area contributed by atoms with Crippen molar-refractivity contribution in [2.45, 2.75) is 25.9 Å². The number of nitrogens with zero attached hydrogens (tertiary/aromatic N) is 4. The molecule has 1 aromatic carbocycles. The number of H-pyrrole nitrogens is 1. The first-order valence-corrected chi connectivity index (χ1v) is 10.3. The van der Waals surface area contributed by atoms with Crippen LogP contribution in [-0.4, -0.2) is 59.0 Å². The number of halogens is 2. The van der Waals surface area contributed by atoms with Gasteiger partial charge in [0, 0.05) is 45.3 Å². The largest absolute Gasteiger partial charge is 0.367 e. The summed E-state index contributed by atoms with van der Waals surface area (Å²) < 4.78 is 29.5. The lowest BCUT2D eigenvalue weighted by Gasteiger charge is -2.27. The van der Waals surface area contributed by atoms with Gasteiger partial charge in [0.25, 0.3) is 11.5 Å². The molecule has 1 unspecified atom stereocenters. The van der Waals surface area contributed by atoms with Crippen LogP contribution in [-0.2, 0) is 6.54 Å². The summed E-state index contributed by atoms with van der Waals surface area (Å²) in [5, 5.41) is 2.42. The predicted octanol–water partition coefficient (Wildman–Crippen LogP) is 1.98. The molecule has 2 aromatic heterocycles. The SMILES string of the molecule is CNC(=O)c1ccc(N(C)C2CCN(Cc3ccc4nc(C)c(=O)[nH]c4c3F)C2)c(F)n1. The summed E-state index contributed by atoms with van der Waals surface area (Å²) in [4.78, 5) is 37.8. The van der Waals surface area contributed by atoms with Crippen LogP contribution in [0, 0.1) is 18.7 Å². The smallest absolute Gasteiger partial charge is 0.269 e. The van der Waals surface area contributed by atoms with Crippen LogP contribution >= 0.6 is 0 Å². The fourth-order valence-electron chi connectivity index (χ4n) is 4.03. The number of likely N-dealkylation sites (tertiary alicyclic amines) is 1. The Hall–Kier alpha value is -3.40. The maximum absolute atomic E-state index is 15.0. The summed E-state index contributed by atoms with van der Waals surface area (Å²) in [6, 6.07) is 6.42. The zero-order valence-corrected chi connectivity index (χ0v) is 18.1. The molecule has 1 amide bonds. The van der Waals surface area contributed by atoms with Crippen molar-refractivity contribution in [1.29, 1.82) is 0 Å². The molecule has 1 aliphatic rings. The number of likely N-dealkylation sites (N-methyl/N-ethyl adjacent to an activating group) is 1. The molecule has 0 saturated carbocycles. The standard InChI is InChI=1S/C22H24F2N6O2/c1-12-21(31)28-19-15(26-12)5-4-13(18(19)23)10-30-9-8-14(11-30)29(3)17-7-6-16(22(32)25-2)27-20(17)24/h4-7,14H,8-11H2,1-3H3,(H,25,32)(H,28,31). The van der Waals surface area contributed by atoms with Crippen LogP contribution in [0.3, 0.4) is 0 Å². The number of aromatic amines is 1. The monoisotopic (exact) mass is 442 g/mol. The number of hydrogen-bond acceptors (Lipinski definition) is 6. The molecule has 168 valence electrons. The van der Waals surface area contributed by atoms with E-state index in [4.69, 9.17) is 0 Å². The number of hydrogen-bond donors (Lipinski definition) is 2. The zero-order chi connectivity index (χ0) is 23.0. The molecule has 0 spiro atoms. The first kappa shape index (κ1) is 21.8. The molecule has 8 nitrogen and oxygen atoms in total. The molecular formula is C22H24F2N6O2. The highest BCUT2D eigenvalue weighted by atomic mass is 19.1. The number of benzene rings is 1. The summed E-state index contributed by atoms with van der Waals surface area (Å²) in [6.07, 6.45) is 0.764. The maximum atomic E-state index is 15.0. The van der Waals surface area contributed by atoms with Crippen molar-refractivity contribution in [3.63, 3.8) is 0 Å². The highest BCUT2D eigenvalue weighted by Gasteiger charge is 2.28. The van der Waals surface area contributed by atoms with Gasteiger partial charge in [-0.15, -0.1) is 0 Å². The molecule has 3 heterocycles. The highest BCUT2D eigenvalue weighted by molar-refractivity contribution is 5.92. The van der Waals surface area contributed by atoms with E-state index in [1.807, 2.05) is 0 Å². The van der Waals surface area contributed by atoms with Crippen LogP contribution < -0.4 is 15.8 Å². The molecule has 32 heavy (non-hydrogen) atoms. The third-order valence-electron chi connectivity index (χ3n) is 5.91. The van der Waals surface area contributed by atoms with Crippen molar-refractivity contribution in [2.24, 2.45) is 0 Å². The first-order chi connectivity index (χ1) is 15.3. The van der Waals surface area contributed by atoms with E-state index in [2.05, 4.69) is 25.2 Å². The van der Waals surface area contributed by atoms with Crippen molar-refractivity contribution in [3.8, 4) is 0 Å². The van der Waals surface area contributed by atoms with Crippen molar-refractivity contribution < 1.29 is 13.6 Å². The average molecular weight is 442 g/mol. The summed E-state index contributed by atoms with van der Waals surface area (Å²) in [5.74, 6) is -1.64. The molecular weight excluding hydrogens is 418 g/mol. The first-order valence-electron chi connectivity index (χ1n) is 10.3. The fourth-order valence-corrected chi connectivity index (χ4v) is 4.03. The number of fused-ring (bicyclic) bond motifs is 1. The van der Waals surface area contributed by atoms with Crippen molar-refractivity contribution in [3.05, 3.63) is 63.3 Å². The second-order valence-electron chi connectivity index (χ2n) is 7.96. The lowest BCUT2D eigenvalue weighted by atomic mass is 10.1. The van der Waals surface area contributed by atoms with Crippen molar-refractivity contribution in [1.82, 2.24) is 25.2 Å². The molecule has 0 bridgehead atoms. The van der Waals surface area contributed by atoms with Crippen molar-refractivity contribution in [2.75, 3.05) is 32.1 Å². The number of pyridine rings is 1. The minimum Gasteiger partial charge on any atom is -0.367 e. The second-order valence-corrected chi connectivity index (χ2v) is 7.96. The van der Waals surface area contributed by atoms with Gasteiger partial charge < -0.3 is 15.2 Å². The number of anilines is 1. The van der Waals surface area contributed by atoms with Gasteiger partial charge in [0.05, 0.1) is 11.2 Å². The van der Waals surface area contributed by atoms with Crippen LogP contribution in [0.5, 0.6) is 0 Å². The van der Waals surface area contributed by atoms with E-state index in [1.54, 1.807) is 37.1 Å². The Morgan fingerprint density at radius 3 is 2.78 bits per heavy atom. The Labute approximate surface area is 183 Å². The van der Waals surface area contributed by atoms with E-state index in [0.29, 0.717) is 42.1 Å². The van der Waals surface area contributed by atoms with Gasteiger partial charge in [0.1, 0.15) is 16.9 Å². The fraction of sp³-hybridized carbons (Fsp3) is 0.364. The molecule has 0 radical (unpaired) electrons. The van der Waals surface area contributed by atoms with Gasteiger partial charge >= 0.3 is 0 Å². The number of rotatable bonds is 5. The normalized spacial score (nSPS) is 16.5. The Bertz CT molecular complexity index is 1250. The number of nitrogens with one attached hydrogen (secondary N) is 2. The summed E-state index contributed by atoms with van der Waals surface area (Å²) in [7, 11) is 3.24. The molecule has 1 saturated heterocycles. The number of carbonyl (C=O) groups excluding carboxylic acids is 1. The number of aromatic nitrogens is 3. The summed E-state index contributed by atoms with van der Waals surface area (Å²) >= 11 is 0. The molecule has 2 N–H and O–H groups in total. The molecule has 0 aliphatic carbocycles. The summed E-state index contributed by atoms with van der Waals surface area (Å²) in [5.41, 5.74) is 1.19.